The van der Waals surface area contributed by atoms with E-state index >= 15 is 0 Å². The lowest BCUT2D eigenvalue weighted by Crippen LogP contribution is -2.33. The van der Waals surface area contributed by atoms with Crippen molar-refractivity contribution in [2.24, 2.45) is 0 Å². The van der Waals surface area contributed by atoms with Crippen LogP contribution in [0.4, 0.5) is 0 Å². The predicted molar refractivity (Wildman–Crippen MR) is 60.2 cm³/mol. The number of carbonyl (C=O) groups excluding carboxylic acids is 1. The maximum atomic E-state index is 11.4. The molecule has 1 aliphatic heterocycles. The van der Waals surface area contributed by atoms with Crippen LogP contribution in [0.2, 0.25) is 0 Å². The molecule has 2 fully saturated rings. The number of ether oxygens (including phenoxy) is 2. The molecule has 2 rings (SSSR count). The Labute approximate surface area is 96.7 Å². The number of hydrogen-bond acceptors (Lipinski definition) is 4. The summed E-state index contributed by atoms with van der Waals surface area (Å²) in [5.41, 5.74) is 0. The molecule has 1 saturated heterocycles. The van der Waals surface area contributed by atoms with Crippen molar-refractivity contribution in [1.29, 1.82) is 0 Å². The second-order valence-corrected chi connectivity index (χ2v) is 4.68. The van der Waals surface area contributed by atoms with Crippen LogP contribution in [-0.4, -0.2) is 37.9 Å². The molecule has 1 saturated carbocycles. The van der Waals surface area contributed by atoms with E-state index in [9.17, 15) is 4.79 Å². The maximum absolute atomic E-state index is 11.4. The molecule has 1 aliphatic carbocycles. The molecule has 2 aliphatic rings. The summed E-state index contributed by atoms with van der Waals surface area (Å²) in [7, 11) is 0. The topological polar surface area (TPSA) is 47.6 Å². The molecule has 4 nitrogen and oxygen atoms in total. The van der Waals surface area contributed by atoms with Crippen LogP contribution in [0.5, 0.6) is 0 Å². The number of carbonyl (C=O) groups is 1. The van der Waals surface area contributed by atoms with Crippen LogP contribution >= 0.6 is 0 Å². The minimum Gasteiger partial charge on any atom is -0.462 e. The zero-order valence-corrected chi connectivity index (χ0v) is 9.74. The molecular weight excluding hydrogens is 206 g/mol. The SMILES string of the molecule is O=C(CNC1CCCC1)OCC1CCCO1. The van der Waals surface area contributed by atoms with Crippen molar-refractivity contribution in [3.63, 3.8) is 0 Å². The highest BCUT2D eigenvalue weighted by molar-refractivity contribution is 5.71. The van der Waals surface area contributed by atoms with Gasteiger partial charge in [0.1, 0.15) is 6.61 Å². The summed E-state index contributed by atoms with van der Waals surface area (Å²) >= 11 is 0. The summed E-state index contributed by atoms with van der Waals surface area (Å²) in [5, 5.41) is 3.24. The number of nitrogens with one attached hydrogen (secondary N) is 1. The predicted octanol–water partition coefficient (Wildman–Crippen LogP) is 1.24. The first-order chi connectivity index (χ1) is 7.84. The highest BCUT2D eigenvalue weighted by Crippen LogP contribution is 2.17. The lowest BCUT2D eigenvalue weighted by molar-refractivity contribution is -0.145. The Morgan fingerprint density at radius 2 is 2.06 bits per heavy atom. The minimum absolute atomic E-state index is 0.135. The second kappa shape index (κ2) is 6.21. The Hall–Kier alpha value is -0.610. The molecule has 0 bridgehead atoms. The van der Waals surface area contributed by atoms with Gasteiger partial charge in [-0.25, -0.2) is 0 Å². The van der Waals surface area contributed by atoms with Gasteiger partial charge in [0.25, 0.3) is 0 Å². The van der Waals surface area contributed by atoms with Crippen molar-refractivity contribution < 1.29 is 14.3 Å². The second-order valence-electron chi connectivity index (χ2n) is 4.68. The van der Waals surface area contributed by atoms with Gasteiger partial charge < -0.3 is 14.8 Å². The first-order valence-electron chi connectivity index (χ1n) is 6.35. The third-order valence-corrected chi connectivity index (χ3v) is 3.34. The zero-order chi connectivity index (χ0) is 11.2. The molecule has 92 valence electrons. The van der Waals surface area contributed by atoms with Gasteiger partial charge in [0.05, 0.1) is 12.6 Å². The number of hydrogen-bond donors (Lipinski definition) is 1. The largest absolute Gasteiger partial charge is 0.462 e. The molecule has 0 amide bonds. The van der Waals surface area contributed by atoms with Crippen molar-refractivity contribution in [1.82, 2.24) is 5.32 Å². The van der Waals surface area contributed by atoms with Gasteiger partial charge in [0.15, 0.2) is 0 Å². The van der Waals surface area contributed by atoms with E-state index in [-0.39, 0.29) is 12.1 Å². The maximum Gasteiger partial charge on any atom is 0.320 e. The molecule has 1 atom stereocenters. The fourth-order valence-corrected chi connectivity index (χ4v) is 2.37. The molecule has 16 heavy (non-hydrogen) atoms. The summed E-state index contributed by atoms with van der Waals surface area (Å²) in [5.74, 6) is -0.151. The molecule has 0 spiro atoms. The molecule has 1 unspecified atom stereocenters. The average Bonchev–Trinajstić information content (AvgIpc) is 2.96. The van der Waals surface area contributed by atoms with E-state index in [1.165, 1.54) is 25.7 Å². The van der Waals surface area contributed by atoms with E-state index in [1.54, 1.807) is 0 Å². The highest BCUT2D eigenvalue weighted by atomic mass is 16.6. The van der Waals surface area contributed by atoms with Gasteiger partial charge in [-0.05, 0) is 25.7 Å². The van der Waals surface area contributed by atoms with Crippen LogP contribution in [0.1, 0.15) is 38.5 Å². The Morgan fingerprint density at radius 1 is 1.25 bits per heavy atom. The Bertz CT molecular complexity index is 198. The van der Waals surface area contributed by atoms with E-state index in [0.29, 0.717) is 19.2 Å². The Kier molecular flexibility index (Phi) is 4.60. The van der Waals surface area contributed by atoms with Gasteiger partial charge in [0.2, 0.25) is 0 Å². The normalized spacial score (nSPS) is 26.1. The van der Waals surface area contributed by atoms with Gasteiger partial charge in [-0.1, -0.05) is 12.8 Å². The average molecular weight is 227 g/mol. The van der Waals surface area contributed by atoms with Crippen LogP contribution in [0.25, 0.3) is 0 Å². The Balaban J connectivity index is 1.53. The lowest BCUT2D eigenvalue weighted by Gasteiger charge is -2.13. The molecule has 1 N–H and O–H groups in total. The van der Waals surface area contributed by atoms with Gasteiger partial charge >= 0.3 is 5.97 Å². The van der Waals surface area contributed by atoms with E-state index in [0.717, 1.165) is 19.4 Å². The van der Waals surface area contributed by atoms with Gasteiger partial charge in [-0.2, -0.15) is 0 Å². The number of esters is 1. The fraction of sp³-hybridized carbons (Fsp3) is 0.917. The molecule has 0 aromatic carbocycles. The summed E-state index contributed by atoms with van der Waals surface area (Å²) in [6.45, 7) is 1.57. The Morgan fingerprint density at radius 3 is 2.75 bits per heavy atom. The first kappa shape index (κ1) is 11.9. The summed E-state index contributed by atoms with van der Waals surface area (Å²) in [4.78, 5) is 11.4. The third-order valence-electron chi connectivity index (χ3n) is 3.34. The highest BCUT2D eigenvalue weighted by Gasteiger charge is 2.19. The van der Waals surface area contributed by atoms with Crippen molar-refractivity contribution in [3.8, 4) is 0 Å². The van der Waals surface area contributed by atoms with Crippen LogP contribution in [0.15, 0.2) is 0 Å². The van der Waals surface area contributed by atoms with Gasteiger partial charge in [-0.15, -0.1) is 0 Å². The first-order valence-corrected chi connectivity index (χ1v) is 6.35. The summed E-state index contributed by atoms with van der Waals surface area (Å²) < 4.78 is 10.5. The number of rotatable bonds is 5. The van der Waals surface area contributed by atoms with Crippen LogP contribution < -0.4 is 5.32 Å². The molecule has 4 heteroatoms. The van der Waals surface area contributed by atoms with E-state index in [1.807, 2.05) is 0 Å². The van der Waals surface area contributed by atoms with Crippen molar-refractivity contribution in [2.45, 2.75) is 50.7 Å². The van der Waals surface area contributed by atoms with Gasteiger partial charge in [-0.3, -0.25) is 4.79 Å². The van der Waals surface area contributed by atoms with Crippen LogP contribution in [-0.2, 0) is 14.3 Å². The standard InChI is InChI=1S/C12H21NO3/c14-12(8-13-10-4-1-2-5-10)16-9-11-6-3-7-15-11/h10-11,13H,1-9H2. The van der Waals surface area contributed by atoms with Crippen LogP contribution in [0, 0.1) is 0 Å². The van der Waals surface area contributed by atoms with E-state index in [4.69, 9.17) is 9.47 Å². The monoisotopic (exact) mass is 227 g/mol. The summed E-state index contributed by atoms with van der Waals surface area (Å²) in [6.07, 6.45) is 7.19. The molecular formula is C12H21NO3. The third kappa shape index (κ3) is 3.76. The molecule has 0 radical (unpaired) electrons. The molecule has 0 aromatic heterocycles. The minimum atomic E-state index is -0.151. The fourth-order valence-electron chi connectivity index (χ4n) is 2.37. The quantitative estimate of drug-likeness (QED) is 0.718. The van der Waals surface area contributed by atoms with E-state index in [2.05, 4.69) is 5.32 Å². The van der Waals surface area contributed by atoms with Crippen molar-refractivity contribution in [3.05, 3.63) is 0 Å². The van der Waals surface area contributed by atoms with Crippen LogP contribution in [0.3, 0.4) is 0 Å². The van der Waals surface area contributed by atoms with Crippen molar-refractivity contribution in [2.75, 3.05) is 19.8 Å². The smallest absolute Gasteiger partial charge is 0.320 e. The zero-order valence-electron chi connectivity index (χ0n) is 9.74. The van der Waals surface area contributed by atoms with Gasteiger partial charge in [0, 0.05) is 12.6 Å². The summed E-state index contributed by atoms with van der Waals surface area (Å²) in [6, 6.07) is 0.523. The van der Waals surface area contributed by atoms with E-state index < -0.39 is 0 Å². The molecule has 1 heterocycles. The lowest BCUT2D eigenvalue weighted by atomic mass is 10.2. The van der Waals surface area contributed by atoms with Crippen molar-refractivity contribution >= 4 is 5.97 Å². The molecule has 0 aromatic rings.